The third kappa shape index (κ3) is 8.57. The summed E-state index contributed by atoms with van der Waals surface area (Å²) >= 11 is 12.5. The van der Waals surface area contributed by atoms with E-state index >= 15 is 0 Å². The molecule has 0 amide bonds. The summed E-state index contributed by atoms with van der Waals surface area (Å²) in [6.45, 7) is 0.416. The third-order valence-electron chi connectivity index (χ3n) is 6.75. The van der Waals surface area contributed by atoms with E-state index in [2.05, 4.69) is 0 Å². The van der Waals surface area contributed by atoms with Gasteiger partial charge in [-0.05, 0) is 70.8 Å². The summed E-state index contributed by atoms with van der Waals surface area (Å²) in [5, 5.41) is 10.2. The summed E-state index contributed by atoms with van der Waals surface area (Å²) in [6, 6.07) is 25.2. The minimum absolute atomic E-state index is 0.0279. The van der Waals surface area contributed by atoms with E-state index in [1.165, 1.54) is 12.1 Å². The van der Waals surface area contributed by atoms with Gasteiger partial charge >= 0.3 is 12.1 Å². The summed E-state index contributed by atoms with van der Waals surface area (Å²) in [7, 11) is -4.57. The molecule has 0 saturated heterocycles. The predicted molar refractivity (Wildman–Crippen MR) is 174 cm³/mol. The van der Waals surface area contributed by atoms with Gasteiger partial charge in [0.15, 0.2) is 5.75 Å². The number of nitrogens with zero attached hydrogens (tertiary/aromatic N) is 2. The van der Waals surface area contributed by atoms with Gasteiger partial charge in [-0.1, -0.05) is 77.8 Å². The van der Waals surface area contributed by atoms with E-state index in [9.17, 15) is 31.5 Å². The fourth-order valence-electron chi connectivity index (χ4n) is 4.59. The Kier molecular flexibility index (Phi) is 9.57. The molecule has 0 fully saturated rings. The van der Waals surface area contributed by atoms with Crippen LogP contribution < -0.4 is 4.72 Å². The van der Waals surface area contributed by atoms with Gasteiger partial charge in [0.2, 0.25) is 10.0 Å². The maximum absolute atomic E-state index is 12.5. The van der Waals surface area contributed by atoms with Gasteiger partial charge in [0.25, 0.3) is 0 Å². The van der Waals surface area contributed by atoms with Crippen LogP contribution in [0.3, 0.4) is 0 Å². The van der Waals surface area contributed by atoms with Crippen molar-refractivity contribution in [2.45, 2.75) is 12.7 Å². The molecule has 0 aliphatic carbocycles. The molecule has 0 aliphatic rings. The number of benzene rings is 4. The first-order chi connectivity index (χ1) is 21.7. The van der Waals surface area contributed by atoms with Crippen LogP contribution in [0.15, 0.2) is 97.2 Å². The van der Waals surface area contributed by atoms with Crippen molar-refractivity contribution in [3.63, 3.8) is 0 Å². The van der Waals surface area contributed by atoms with Crippen molar-refractivity contribution in [2.24, 2.45) is 0 Å². The molecule has 0 atom stereocenters. The lowest BCUT2D eigenvalue weighted by atomic mass is 10.0. The number of carboxylic acids is 1. The largest absolute Gasteiger partial charge is 0.478 e. The van der Waals surface area contributed by atoms with E-state index in [1.54, 1.807) is 54.6 Å². The lowest BCUT2D eigenvalue weighted by Gasteiger charge is -2.11. The number of halogens is 5. The number of carboxylic acid groups (broad SMARTS) is 1. The van der Waals surface area contributed by atoms with Gasteiger partial charge in [-0.3, -0.25) is 4.72 Å². The molecule has 1 heterocycles. The number of imidazole rings is 1. The topological polar surface area (TPSA) is 101 Å². The number of carbonyl (C=O) groups is 1. The zero-order chi connectivity index (χ0) is 33.1. The number of aromatic carboxylic acids is 1. The van der Waals surface area contributed by atoms with Gasteiger partial charge in [0.1, 0.15) is 5.82 Å². The van der Waals surface area contributed by atoms with Crippen molar-refractivity contribution in [1.29, 1.82) is 0 Å². The molecule has 0 unspecified atom stereocenters. The van der Waals surface area contributed by atoms with Crippen LogP contribution in [0.2, 0.25) is 10.0 Å². The normalized spacial score (nSPS) is 12.0. The average molecular weight is 687 g/mol. The van der Waals surface area contributed by atoms with Crippen LogP contribution in [-0.2, 0) is 16.6 Å². The summed E-state index contributed by atoms with van der Waals surface area (Å²) in [5.41, 5.74) is 4.82. The highest BCUT2D eigenvalue weighted by Gasteiger charge is 2.35. The highest BCUT2D eigenvalue weighted by Crippen LogP contribution is 2.31. The fraction of sp³-hybridized carbons (Fsp3) is 0.0909. The van der Waals surface area contributed by atoms with Crippen LogP contribution in [-0.4, -0.2) is 41.0 Å². The van der Waals surface area contributed by atoms with Gasteiger partial charge in [0.05, 0.1) is 16.3 Å². The Labute approximate surface area is 272 Å². The van der Waals surface area contributed by atoms with E-state index in [0.29, 0.717) is 33.7 Å². The van der Waals surface area contributed by atoms with E-state index < -0.39 is 27.9 Å². The van der Waals surface area contributed by atoms with Gasteiger partial charge in [0, 0.05) is 29.0 Å². The minimum Gasteiger partial charge on any atom is -0.478 e. The lowest BCUT2D eigenvalue weighted by Crippen LogP contribution is -2.27. The Balaban J connectivity index is 1.36. The maximum Gasteiger partial charge on any atom is 0.404 e. The molecular formula is C33H24Cl2F3N3O4S. The molecule has 0 spiro atoms. The molecule has 0 saturated carbocycles. The number of hydrogen-bond acceptors (Lipinski definition) is 4. The summed E-state index contributed by atoms with van der Waals surface area (Å²) < 4.78 is 64.9. The van der Waals surface area contributed by atoms with Gasteiger partial charge in [-0.25, -0.2) is 18.2 Å². The van der Waals surface area contributed by atoms with Crippen LogP contribution in [0.4, 0.5) is 18.9 Å². The Morgan fingerprint density at radius 3 is 2.11 bits per heavy atom. The van der Waals surface area contributed by atoms with Crippen LogP contribution >= 0.6 is 23.2 Å². The molecule has 5 rings (SSSR count). The Hall–Kier alpha value is -4.58. The highest BCUT2D eigenvalue weighted by atomic mass is 35.5. The van der Waals surface area contributed by atoms with Crippen LogP contribution in [0.5, 0.6) is 0 Å². The molecule has 0 radical (unpaired) electrons. The Morgan fingerprint density at radius 2 is 1.52 bits per heavy atom. The van der Waals surface area contributed by atoms with E-state index in [0.717, 1.165) is 22.3 Å². The Bertz CT molecular complexity index is 2010. The number of sulfonamides is 1. The van der Waals surface area contributed by atoms with Crippen molar-refractivity contribution < 1.29 is 31.5 Å². The van der Waals surface area contributed by atoms with Crippen LogP contribution in [0, 0.1) is 0 Å². The predicted octanol–water partition coefficient (Wildman–Crippen LogP) is 8.74. The molecule has 7 nitrogen and oxygen atoms in total. The standard InChI is InChI=1S/C33H24Cl2F3N3O4S/c34-26-12-15-28(29(35)17-26)30-19-41(18-22-3-8-25(9-4-22)32(42)43)31(39-30)16-5-21-1-6-23(7-2-21)24-10-13-27(14-11-24)40-46(44,45)20-33(36,37)38/h1-17,19,40H,18,20H2,(H,42,43). The first-order valence-corrected chi connectivity index (χ1v) is 16.0. The summed E-state index contributed by atoms with van der Waals surface area (Å²) in [5.74, 6) is -2.35. The molecule has 13 heteroatoms. The zero-order valence-electron chi connectivity index (χ0n) is 23.7. The van der Waals surface area contributed by atoms with Crippen molar-refractivity contribution in [3.8, 4) is 22.4 Å². The number of anilines is 1. The van der Waals surface area contributed by atoms with Crippen LogP contribution in [0.25, 0.3) is 34.5 Å². The van der Waals surface area contributed by atoms with Crippen molar-refractivity contribution >= 4 is 57.0 Å². The Morgan fingerprint density at radius 1 is 0.891 bits per heavy atom. The van der Waals surface area contributed by atoms with E-state index in [-0.39, 0.29) is 11.3 Å². The van der Waals surface area contributed by atoms with Crippen molar-refractivity contribution in [2.75, 3.05) is 10.5 Å². The van der Waals surface area contributed by atoms with Gasteiger partial charge in [-0.15, -0.1) is 0 Å². The molecule has 1 aromatic heterocycles. The summed E-state index contributed by atoms with van der Waals surface area (Å²) in [4.78, 5) is 16.0. The molecule has 236 valence electrons. The summed E-state index contributed by atoms with van der Waals surface area (Å²) in [6.07, 6.45) is 0.733. The second-order valence-electron chi connectivity index (χ2n) is 10.2. The molecule has 2 N–H and O–H groups in total. The maximum atomic E-state index is 12.5. The molecule has 5 aromatic rings. The number of nitrogens with one attached hydrogen (secondary N) is 1. The second kappa shape index (κ2) is 13.4. The second-order valence-corrected chi connectivity index (χ2v) is 12.8. The van der Waals surface area contributed by atoms with Gasteiger partial charge < -0.3 is 9.67 Å². The molecule has 46 heavy (non-hydrogen) atoms. The van der Waals surface area contributed by atoms with E-state index in [4.69, 9.17) is 28.2 Å². The molecule has 0 aliphatic heterocycles. The molecule has 0 bridgehead atoms. The average Bonchev–Trinajstić information content (AvgIpc) is 3.37. The third-order valence-corrected chi connectivity index (χ3v) is 8.55. The number of rotatable bonds is 10. The van der Waals surface area contributed by atoms with Crippen molar-refractivity contribution in [1.82, 2.24) is 9.55 Å². The first-order valence-electron chi connectivity index (χ1n) is 13.6. The molecule has 4 aromatic carbocycles. The minimum atomic E-state index is -4.84. The monoisotopic (exact) mass is 685 g/mol. The number of hydrogen-bond donors (Lipinski definition) is 2. The molecular weight excluding hydrogens is 662 g/mol. The quantitative estimate of drug-likeness (QED) is 0.153. The highest BCUT2D eigenvalue weighted by molar-refractivity contribution is 7.92. The van der Waals surface area contributed by atoms with E-state index in [1.807, 2.05) is 51.9 Å². The van der Waals surface area contributed by atoms with Crippen LogP contribution in [0.1, 0.15) is 27.3 Å². The smallest absolute Gasteiger partial charge is 0.404 e. The fourth-order valence-corrected chi connectivity index (χ4v) is 6.09. The lowest BCUT2D eigenvalue weighted by molar-refractivity contribution is -0.106. The van der Waals surface area contributed by atoms with Gasteiger partial charge in [-0.2, -0.15) is 13.2 Å². The number of aromatic nitrogens is 2. The van der Waals surface area contributed by atoms with Crippen molar-refractivity contribution in [3.05, 3.63) is 130 Å². The number of alkyl halides is 3. The SMILES string of the molecule is O=C(O)c1ccc(Cn2cc(-c3ccc(Cl)cc3Cl)nc2C=Cc2ccc(-c3ccc(NS(=O)(=O)CC(F)(F)F)cc3)cc2)cc1. The zero-order valence-corrected chi connectivity index (χ0v) is 26.0. The first kappa shape index (κ1) is 32.8.